The van der Waals surface area contributed by atoms with Gasteiger partial charge in [0.2, 0.25) is 0 Å². The summed E-state index contributed by atoms with van der Waals surface area (Å²) >= 11 is 7.44. The van der Waals surface area contributed by atoms with Crippen molar-refractivity contribution in [3.63, 3.8) is 0 Å². The van der Waals surface area contributed by atoms with E-state index in [4.69, 9.17) is 17.3 Å². The van der Waals surface area contributed by atoms with Gasteiger partial charge >= 0.3 is 0 Å². The first kappa shape index (κ1) is 9.58. The fourth-order valence-electron chi connectivity index (χ4n) is 1.16. The highest BCUT2D eigenvalue weighted by molar-refractivity contribution is 7.14. The number of nitrogens with two attached hydrogens (primary N) is 1. The Morgan fingerprint density at radius 1 is 1.43 bits per heavy atom. The van der Waals surface area contributed by atoms with Gasteiger partial charge in [0.05, 0.1) is 22.3 Å². The van der Waals surface area contributed by atoms with Gasteiger partial charge in [-0.15, -0.1) is 11.3 Å². The van der Waals surface area contributed by atoms with E-state index in [0.29, 0.717) is 4.34 Å². The summed E-state index contributed by atoms with van der Waals surface area (Å²) in [7, 11) is 0. The number of thiophene rings is 1. The first-order valence-electron chi connectivity index (χ1n) is 4.03. The Morgan fingerprint density at radius 3 is 2.86 bits per heavy atom. The van der Waals surface area contributed by atoms with E-state index in [2.05, 4.69) is 9.97 Å². The molecular formula is C9H8ClN3S. The second-order valence-electron chi connectivity index (χ2n) is 2.76. The quantitative estimate of drug-likeness (QED) is 0.853. The lowest BCUT2D eigenvalue weighted by molar-refractivity contribution is 0.822. The summed E-state index contributed by atoms with van der Waals surface area (Å²) in [5.41, 5.74) is 7.61. The SMILES string of the molecule is NC(c1cnccn1)c1ccsc1Cl. The molecule has 0 spiro atoms. The third-order valence-electron chi connectivity index (χ3n) is 1.88. The maximum absolute atomic E-state index is 5.98. The van der Waals surface area contributed by atoms with Crippen LogP contribution in [0.4, 0.5) is 0 Å². The zero-order valence-corrected chi connectivity index (χ0v) is 8.79. The van der Waals surface area contributed by atoms with Crippen LogP contribution < -0.4 is 5.73 Å². The molecule has 0 saturated carbocycles. The van der Waals surface area contributed by atoms with Crippen LogP contribution in [-0.4, -0.2) is 9.97 Å². The van der Waals surface area contributed by atoms with Crippen LogP contribution in [-0.2, 0) is 0 Å². The summed E-state index contributed by atoms with van der Waals surface area (Å²) in [4.78, 5) is 8.10. The molecule has 0 saturated heterocycles. The van der Waals surface area contributed by atoms with Crippen LogP contribution in [0.1, 0.15) is 17.3 Å². The lowest BCUT2D eigenvalue weighted by atomic mass is 10.1. The van der Waals surface area contributed by atoms with Crippen LogP contribution in [0.25, 0.3) is 0 Å². The molecule has 14 heavy (non-hydrogen) atoms. The maximum atomic E-state index is 5.98. The molecule has 2 N–H and O–H groups in total. The van der Waals surface area contributed by atoms with Crippen LogP contribution in [0, 0.1) is 0 Å². The van der Waals surface area contributed by atoms with Crippen molar-refractivity contribution >= 4 is 22.9 Å². The van der Waals surface area contributed by atoms with Gasteiger partial charge in [0.15, 0.2) is 0 Å². The van der Waals surface area contributed by atoms with E-state index < -0.39 is 0 Å². The Labute approximate surface area is 90.6 Å². The molecular weight excluding hydrogens is 218 g/mol. The fourth-order valence-corrected chi connectivity index (χ4v) is 2.16. The van der Waals surface area contributed by atoms with Gasteiger partial charge < -0.3 is 5.73 Å². The number of halogens is 1. The highest BCUT2D eigenvalue weighted by Gasteiger charge is 2.14. The number of hydrogen-bond donors (Lipinski definition) is 1. The summed E-state index contributed by atoms with van der Waals surface area (Å²) < 4.78 is 0.711. The Hall–Kier alpha value is -0.970. The van der Waals surface area contributed by atoms with E-state index >= 15 is 0 Å². The smallest absolute Gasteiger partial charge is 0.0980 e. The third-order valence-corrected chi connectivity index (χ3v) is 3.08. The summed E-state index contributed by atoms with van der Waals surface area (Å²) in [6.07, 6.45) is 4.89. The van der Waals surface area contributed by atoms with Gasteiger partial charge in [-0.3, -0.25) is 9.97 Å². The molecule has 0 aliphatic rings. The van der Waals surface area contributed by atoms with Crippen molar-refractivity contribution in [3.8, 4) is 0 Å². The van der Waals surface area contributed by atoms with Gasteiger partial charge in [0.25, 0.3) is 0 Å². The second kappa shape index (κ2) is 4.04. The molecule has 72 valence electrons. The summed E-state index contributed by atoms with van der Waals surface area (Å²) in [5.74, 6) is 0. The van der Waals surface area contributed by atoms with Gasteiger partial charge in [-0.05, 0) is 11.4 Å². The van der Waals surface area contributed by atoms with Gasteiger partial charge in [0, 0.05) is 18.0 Å². The maximum Gasteiger partial charge on any atom is 0.0980 e. The summed E-state index contributed by atoms with van der Waals surface area (Å²) in [6, 6.07) is 1.62. The van der Waals surface area contributed by atoms with Crippen molar-refractivity contribution in [1.82, 2.24) is 9.97 Å². The largest absolute Gasteiger partial charge is 0.319 e. The number of hydrogen-bond acceptors (Lipinski definition) is 4. The summed E-state index contributed by atoms with van der Waals surface area (Å²) in [5, 5.41) is 1.91. The normalized spacial score (nSPS) is 12.7. The molecule has 2 aromatic rings. The van der Waals surface area contributed by atoms with Crippen LogP contribution in [0.3, 0.4) is 0 Å². The number of aromatic nitrogens is 2. The molecule has 2 heterocycles. The van der Waals surface area contributed by atoms with E-state index in [0.717, 1.165) is 11.3 Å². The molecule has 0 amide bonds. The van der Waals surface area contributed by atoms with E-state index in [1.54, 1.807) is 18.6 Å². The average molecular weight is 226 g/mol. The van der Waals surface area contributed by atoms with Gasteiger partial charge in [-0.1, -0.05) is 11.6 Å². The van der Waals surface area contributed by atoms with Gasteiger partial charge in [-0.25, -0.2) is 0 Å². The molecule has 2 aromatic heterocycles. The molecule has 2 rings (SSSR count). The molecule has 0 radical (unpaired) electrons. The van der Waals surface area contributed by atoms with Gasteiger partial charge in [-0.2, -0.15) is 0 Å². The predicted octanol–water partition coefficient (Wildman–Crippen LogP) is 2.24. The number of rotatable bonds is 2. The molecule has 0 aliphatic heterocycles. The first-order chi connectivity index (χ1) is 6.79. The Morgan fingerprint density at radius 2 is 2.29 bits per heavy atom. The third kappa shape index (κ3) is 1.77. The van der Waals surface area contributed by atoms with E-state index in [9.17, 15) is 0 Å². The molecule has 5 heteroatoms. The Balaban J connectivity index is 2.34. The van der Waals surface area contributed by atoms with E-state index in [-0.39, 0.29) is 6.04 Å². The summed E-state index contributed by atoms with van der Waals surface area (Å²) in [6.45, 7) is 0. The van der Waals surface area contributed by atoms with Crippen LogP contribution in [0.15, 0.2) is 30.0 Å². The minimum Gasteiger partial charge on any atom is -0.319 e. The first-order valence-corrected chi connectivity index (χ1v) is 5.29. The average Bonchev–Trinajstić information content (AvgIpc) is 2.65. The highest BCUT2D eigenvalue weighted by atomic mass is 35.5. The Bertz CT molecular complexity index is 415. The Kier molecular flexibility index (Phi) is 2.77. The monoisotopic (exact) mass is 225 g/mol. The second-order valence-corrected chi connectivity index (χ2v) is 4.28. The van der Waals surface area contributed by atoms with Crippen LogP contribution in [0.2, 0.25) is 4.34 Å². The lowest BCUT2D eigenvalue weighted by Crippen LogP contribution is -2.13. The van der Waals surface area contributed by atoms with Crippen LogP contribution in [0.5, 0.6) is 0 Å². The minimum absolute atomic E-state index is 0.289. The van der Waals surface area contributed by atoms with E-state index in [1.807, 2.05) is 11.4 Å². The molecule has 0 aromatic carbocycles. The zero-order valence-electron chi connectivity index (χ0n) is 7.22. The van der Waals surface area contributed by atoms with Gasteiger partial charge in [0.1, 0.15) is 0 Å². The molecule has 0 bridgehead atoms. The molecule has 0 fully saturated rings. The van der Waals surface area contributed by atoms with Crippen molar-refractivity contribution in [3.05, 3.63) is 45.6 Å². The molecule has 0 aliphatic carbocycles. The number of nitrogens with zero attached hydrogens (tertiary/aromatic N) is 2. The van der Waals surface area contributed by atoms with Crippen molar-refractivity contribution in [1.29, 1.82) is 0 Å². The topological polar surface area (TPSA) is 51.8 Å². The lowest BCUT2D eigenvalue weighted by Gasteiger charge is -2.08. The molecule has 1 atom stereocenters. The predicted molar refractivity (Wildman–Crippen MR) is 57.4 cm³/mol. The van der Waals surface area contributed by atoms with Crippen molar-refractivity contribution < 1.29 is 0 Å². The highest BCUT2D eigenvalue weighted by Crippen LogP contribution is 2.29. The fraction of sp³-hybridized carbons (Fsp3) is 0.111. The van der Waals surface area contributed by atoms with Crippen LogP contribution >= 0.6 is 22.9 Å². The standard InChI is InChI=1S/C9H8ClN3S/c10-9-6(1-4-14-9)8(11)7-5-12-2-3-13-7/h1-5,8H,11H2. The molecule has 1 unspecified atom stereocenters. The van der Waals surface area contributed by atoms with Crippen molar-refractivity contribution in [2.75, 3.05) is 0 Å². The van der Waals surface area contributed by atoms with Crippen molar-refractivity contribution in [2.24, 2.45) is 5.73 Å². The van der Waals surface area contributed by atoms with Crippen molar-refractivity contribution in [2.45, 2.75) is 6.04 Å². The minimum atomic E-state index is -0.289. The molecule has 3 nitrogen and oxygen atoms in total. The van der Waals surface area contributed by atoms with E-state index in [1.165, 1.54) is 11.3 Å². The zero-order chi connectivity index (χ0) is 9.97.